The van der Waals surface area contributed by atoms with Crippen LogP contribution in [0, 0.1) is 6.92 Å². The zero-order valence-electron chi connectivity index (χ0n) is 12.0. The van der Waals surface area contributed by atoms with Crippen molar-refractivity contribution >= 4 is 28.2 Å². The molecule has 0 radical (unpaired) electrons. The van der Waals surface area contributed by atoms with Crippen molar-refractivity contribution in [3.8, 4) is 0 Å². The summed E-state index contributed by atoms with van der Waals surface area (Å²) in [5.41, 5.74) is 2.50. The molecule has 3 aromatic rings. The minimum atomic E-state index is 0.443. The lowest BCUT2D eigenvalue weighted by Crippen LogP contribution is -2.18. The Kier molecular flexibility index (Phi) is 3.76. The van der Waals surface area contributed by atoms with Gasteiger partial charge in [0.25, 0.3) is 0 Å². The normalized spacial score (nSPS) is 10.8. The summed E-state index contributed by atoms with van der Waals surface area (Å²) in [5, 5.41) is 10.7. The van der Waals surface area contributed by atoms with Gasteiger partial charge in [0.2, 0.25) is 0 Å². The second-order valence-electron chi connectivity index (χ2n) is 5.20. The van der Waals surface area contributed by atoms with Crippen LogP contribution in [0.25, 0.3) is 10.8 Å². The first-order valence-corrected chi connectivity index (χ1v) is 7.20. The van der Waals surface area contributed by atoms with E-state index in [1.54, 1.807) is 0 Å². The summed E-state index contributed by atoms with van der Waals surface area (Å²) in [4.78, 5) is 2.09. The number of aryl methyl sites for hydroxylation is 1. The van der Waals surface area contributed by atoms with Crippen LogP contribution < -0.4 is 4.90 Å². The SMILES string of the molecule is Cc1ccc(CN(C)c2nnc(Cl)c3ccccc23)cc1. The van der Waals surface area contributed by atoms with Gasteiger partial charge in [-0.2, -0.15) is 0 Å². The van der Waals surface area contributed by atoms with E-state index in [9.17, 15) is 0 Å². The molecule has 0 saturated carbocycles. The van der Waals surface area contributed by atoms with E-state index in [0.717, 1.165) is 23.1 Å². The second kappa shape index (κ2) is 5.70. The minimum absolute atomic E-state index is 0.443. The number of nitrogens with zero attached hydrogens (tertiary/aromatic N) is 3. The van der Waals surface area contributed by atoms with Gasteiger partial charge in [0.15, 0.2) is 11.0 Å². The quantitative estimate of drug-likeness (QED) is 0.724. The number of hydrogen-bond acceptors (Lipinski definition) is 3. The van der Waals surface area contributed by atoms with Crippen molar-refractivity contribution in [3.63, 3.8) is 0 Å². The molecule has 1 heterocycles. The highest BCUT2D eigenvalue weighted by Gasteiger charge is 2.11. The summed E-state index contributed by atoms with van der Waals surface area (Å²) >= 11 is 6.12. The fraction of sp³-hybridized carbons (Fsp3) is 0.176. The first kappa shape index (κ1) is 13.8. The van der Waals surface area contributed by atoms with Gasteiger partial charge in [0.1, 0.15) is 0 Å². The molecular formula is C17H16ClN3. The van der Waals surface area contributed by atoms with E-state index in [-0.39, 0.29) is 0 Å². The number of halogens is 1. The molecule has 0 atom stereocenters. The number of aromatic nitrogens is 2. The van der Waals surface area contributed by atoms with Crippen LogP contribution in [0.2, 0.25) is 5.15 Å². The molecule has 21 heavy (non-hydrogen) atoms. The van der Waals surface area contributed by atoms with Gasteiger partial charge in [-0.1, -0.05) is 65.7 Å². The molecule has 0 aliphatic heterocycles. The summed E-state index contributed by atoms with van der Waals surface area (Å²) in [5.74, 6) is 0.843. The molecule has 106 valence electrons. The van der Waals surface area contributed by atoms with Gasteiger partial charge in [-0.15, -0.1) is 10.2 Å². The fourth-order valence-corrected chi connectivity index (χ4v) is 2.58. The largest absolute Gasteiger partial charge is 0.353 e. The smallest absolute Gasteiger partial charge is 0.159 e. The monoisotopic (exact) mass is 297 g/mol. The number of fused-ring (bicyclic) bond motifs is 1. The maximum atomic E-state index is 6.12. The molecule has 0 bridgehead atoms. The Bertz CT molecular complexity index is 769. The van der Waals surface area contributed by atoms with Gasteiger partial charge in [0, 0.05) is 24.4 Å². The number of anilines is 1. The summed E-state index contributed by atoms with van der Waals surface area (Å²) in [6.45, 7) is 2.87. The maximum Gasteiger partial charge on any atom is 0.159 e. The van der Waals surface area contributed by atoms with E-state index in [4.69, 9.17) is 11.6 Å². The Hall–Kier alpha value is -2.13. The minimum Gasteiger partial charge on any atom is -0.353 e. The van der Waals surface area contributed by atoms with Crippen molar-refractivity contribution in [2.75, 3.05) is 11.9 Å². The van der Waals surface area contributed by atoms with Gasteiger partial charge in [-0.25, -0.2) is 0 Å². The van der Waals surface area contributed by atoms with Gasteiger partial charge in [0.05, 0.1) is 0 Å². The Morgan fingerprint density at radius 1 is 0.952 bits per heavy atom. The third-order valence-corrected chi connectivity index (χ3v) is 3.80. The highest BCUT2D eigenvalue weighted by atomic mass is 35.5. The van der Waals surface area contributed by atoms with E-state index >= 15 is 0 Å². The lowest BCUT2D eigenvalue weighted by molar-refractivity contribution is 0.876. The Morgan fingerprint density at radius 3 is 2.33 bits per heavy atom. The summed E-state index contributed by atoms with van der Waals surface area (Å²) in [7, 11) is 2.02. The third-order valence-electron chi connectivity index (χ3n) is 3.52. The molecule has 0 N–H and O–H groups in total. The summed E-state index contributed by atoms with van der Waals surface area (Å²) in [6, 6.07) is 16.5. The number of benzene rings is 2. The van der Waals surface area contributed by atoms with Crippen molar-refractivity contribution in [1.29, 1.82) is 0 Å². The number of hydrogen-bond donors (Lipinski definition) is 0. The highest BCUT2D eigenvalue weighted by molar-refractivity contribution is 6.34. The topological polar surface area (TPSA) is 29.0 Å². The number of rotatable bonds is 3. The zero-order chi connectivity index (χ0) is 14.8. The molecule has 3 rings (SSSR count). The Balaban J connectivity index is 1.96. The molecule has 1 aromatic heterocycles. The fourth-order valence-electron chi connectivity index (χ4n) is 2.38. The van der Waals surface area contributed by atoms with E-state index in [2.05, 4.69) is 46.3 Å². The van der Waals surface area contributed by atoms with Gasteiger partial charge in [-0.3, -0.25) is 0 Å². The molecule has 0 amide bonds. The average molecular weight is 298 g/mol. The molecule has 4 heteroatoms. The average Bonchev–Trinajstić information content (AvgIpc) is 2.50. The lowest BCUT2D eigenvalue weighted by atomic mass is 10.1. The highest BCUT2D eigenvalue weighted by Crippen LogP contribution is 2.28. The van der Waals surface area contributed by atoms with E-state index in [1.807, 2.05) is 31.3 Å². The first-order valence-electron chi connectivity index (χ1n) is 6.83. The van der Waals surface area contributed by atoms with Crippen molar-refractivity contribution in [3.05, 3.63) is 64.8 Å². The molecular weight excluding hydrogens is 282 g/mol. The third kappa shape index (κ3) is 2.83. The first-order chi connectivity index (χ1) is 10.1. The van der Waals surface area contributed by atoms with Gasteiger partial charge < -0.3 is 4.90 Å². The second-order valence-corrected chi connectivity index (χ2v) is 5.56. The van der Waals surface area contributed by atoms with Crippen molar-refractivity contribution < 1.29 is 0 Å². The zero-order valence-corrected chi connectivity index (χ0v) is 12.8. The van der Waals surface area contributed by atoms with Crippen LogP contribution in [0.5, 0.6) is 0 Å². The van der Waals surface area contributed by atoms with Crippen LogP contribution in [0.1, 0.15) is 11.1 Å². The Morgan fingerprint density at radius 2 is 1.62 bits per heavy atom. The summed E-state index contributed by atoms with van der Waals surface area (Å²) < 4.78 is 0. The van der Waals surface area contributed by atoms with Crippen LogP contribution in [0.15, 0.2) is 48.5 Å². The van der Waals surface area contributed by atoms with E-state index < -0.39 is 0 Å². The van der Waals surface area contributed by atoms with E-state index in [1.165, 1.54) is 11.1 Å². The van der Waals surface area contributed by atoms with Crippen LogP contribution >= 0.6 is 11.6 Å². The summed E-state index contributed by atoms with van der Waals surface area (Å²) in [6.07, 6.45) is 0. The molecule has 0 fully saturated rings. The van der Waals surface area contributed by atoms with Crippen molar-refractivity contribution in [2.45, 2.75) is 13.5 Å². The standard InChI is InChI=1S/C17H16ClN3/c1-12-7-9-13(10-8-12)11-21(2)17-15-6-4-3-5-14(15)16(18)19-20-17/h3-10H,11H2,1-2H3. The predicted molar refractivity (Wildman–Crippen MR) is 87.8 cm³/mol. The molecule has 2 aromatic carbocycles. The van der Waals surface area contributed by atoms with Crippen LogP contribution in [-0.2, 0) is 6.54 Å². The van der Waals surface area contributed by atoms with Crippen molar-refractivity contribution in [1.82, 2.24) is 10.2 Å². The van der Waals surface area contributed by atoms with Crippen LogP contribution in [-0.4, -0.2) is 17.2 Å². The lowest BCUT2D eigenvalue weighted by Gasteiger charge is -2.19. The van der Waals surface area contributed by atoms with Gasteiger partial charge >= 0.3 is 0 Å². The van der Waals surface area contributed by atoms with Gasteiger partial charge in [-0.05, 0) is 12.5 Å². The maximum absolute atomic E-state index is 6.12. The molecule has 0 saturated heterocycles. The molecule has 0 aliphatic rings. The van der Waals surface area contributed by atoms with Crippen LogP contribution in [0.4, 0.5) is 5.82 Å². The molecule has 0 unspecified atom stereocenters. The predicted octanol–water partition coefficient (Wildman–Crippen LogP) is 4.23. The molecule has 3 nitrogen and oxygen atoms in total. The molecule has 0 spiro atoms. The van der Waals surface area contributed by atoms with Crippen LogP contribution in [0.3, 0.4) is 0 Å². The van der Waals surface area contributed by atoms with Crippen molar-refractivity contribution in [2.24, 2.45) is 0 Å². The Labute approximate surface area is 129 Å². The van der Waals surface area contributed by atoms with E-state index in [0.29, 0.717) is 5.15 Å². The molecule has 0 aliphatic carbocycles.